The van der Waals surface area contributed by atoms with Crippen LogP contribution in [0.1, 0.15) is 29.8 Å². The number of aliphatic hydroxyl groups is 1. The summed E-state index contributed by atoms with van der Waals surface area (Å²) in [4.78, 5) is 11.7. The van der Waals surface area contributed by atoms with Gasteiger partial charge in [-0.15, -0.1) is 0 Å². The van der Waals surface area contributed by atoms with Crippen LogP contribution in [0.15, 0.2) is 30.4 Å². The smallest absolute Gasteiger partial charge is 0.190 e. The topological polar surface area (TPSA) is 46.5 Å². The molecule has 0 fully saturated rings. The molecule has 2 rings (SSSR count). The van der Waals surface area contributed by atoms with Gasteiger partial charge in [0.05, 0.1) is 0 Å². The predicted octanol–water partition coefficient (Wildman–Crippen LogP) is 2.13. The summed E-state index contributed by atoms with van der Waals surface area (Å²) in [6, 6.07) is 5.27. The Morgan fingerprint density at radius 2 is 2.29 bits per heavy atom. The first-order chi connectivity index (χ1) is 7.99. The van der Waals surface area contributed by atoms with Crippen molar-refractivity contribution in [2.24, 2.45) is 0 Å². The Labute approximate surface area is 101 Å². The van der Waals surface area contributed by atoms with E-state index in [4.69, 9.17) is 4.74 Å². The highest BCUT2D eigenvalue weighted by Crippen LogP contribution is 2.32. The molecule has 0 saturated carbocycles. The van der Waals surface area contributed by atoms with Crippen molar-refractivity contribution in [1.29, 1.82) is 0 Å². The Balaban J connectivity index is 2.27. The van der Waals surface area contributed by atoms with Crippen LogP contribution in [0.25, 0.3) is 0 Å². The Kier molecular flexibility index (Phi) is 3.03. The van der Waals surface area contributed by atoms with Crippen molar-refractivity contribution in [1.82, 2.24) is 0 Å². The highest BCUT2D eigenvalue weighted by Gasteiger charge is 2.24. The number of hydrogen-bond donors (Lipinski definition) is 1. The number of ether oxygens (including phenoxy) is 1. The van der Waals surface area contributed by atoms with E-state index in [9.17, 15) is 9.90 Å². The Morgan fingerprint density at radius 1 is 1.59 bits per heavy atom. The maximum Gasteiger partial charge on any atom is 0.190 e. The van der Waals surface area contributed by atoms with Crippen molar-refractivity contribution in [2.45, 2.75) is 32.5 Å². The molecular weight excluding hydrogens is 216 g/mol. The van der Waals surface area contributed by atoms with Crippen LogP contribution >= 0.6 is 0 Å². The maximum atomic E-state index is 11.7. The third-order valence-corrected chi connectivity index (χ3v) is 2.95. The largest absolute Gasteiger partial charge is 0.485 e. The molecule has 1 aromatic rings. The standard InChI is InChI=1S/C14H16O3/c1-8(2)13-7-11-6-10(14(16)9(3)15)4-5-12(11)17-13/h4-6,9,13,15H,1,7H2,2-3H3. The van der Waals surface area contributed by atoms with Gasteiger partial charge in [0.2, 0.25) is 0 Å². The molecule has 3 heteroatoms. The van der Waals surface area contributed by atoms with Gasteiger partial charge in [-0.1, -0.05) is 6.58 Å². The molecule has 3 nitrogen and oxygen atoms in total. The van der Waals surface area contributed by atoms with Crippen LogP contribution in [-0.4, -0.2) is 23.1 Å². The molecule has 2 unspecified atom stereocenters. The number of Topliss-reactive ketones (excluding diaryl/α,β-unsaturated/α-hetero) is 1. The van der Waals surface area contributed by atoms with Crippen molar-refractivity contribution < 1.29 is 14.6 Å². The minimum Gasteiger partial charge on any atom is -0.485 e. The molecule has 1 N–H and O–H groups in total. The van der Waals surface area contributed by atoms with E-state index >= 15 is 0 Å². The SMILES string of the molecule is C=C(C)C1Cc2cc(C(=O)C(C)O)ccc2O1. The first-order valence-electron chi connectivity index (χ1n) is 5.66. The van der Waals surface area contributed by atoms with Crippen LogP contribution in [0.3, 0.4) is 0 Å². The number of carbonyl (C=O) groups excluding carboxylic acids is 1. The van der Waals surface area contributed by atoms with E-state index in [2.05, 4.69) is 6.58 Å². The summed E-state index contributed by atoms with van der Waals surface area (Å²) in [7, 11) is 0. The molecule has 0 aliphatic carbocycles. The summed E-state index contributed by atoms with van der Waals surface area (Å²) in [6.45, 7) is 7.28. The highest BCUT2D eigenvalue weighted by atomic mass is 16.5. The number of hydrogen-bond acceptors (Lipinski definition) is 3. The van der Waals surface area contributed by atoms with E-state index in [1.54, 1.807) is 18.2 Å². The average Bonchev–Trinajstić information content (AvgIpc) is 2.70. The quantitative estimate of drug-likeness (QED) is 0.641. The molecule has 0 amide bonds. The third-order valence-electron chi connectivity index (χ3n) is 2.95. The van der Waals surface area contributed by atoms with Gasteiger partial charge in [-0.25, -0.2) is 0 Å². The second kappa shape index (κ2) is 4.34. The van der Waals surface area contributed by atoms with E-state index in [-0.39, 0.29) is 11.9 Å². The molecule has 1 aliphatic heterocycles. The fourth-order valence-electron chi connectivity index (χ4n) is 1.92. The van der Waals surface area contributed by atoms with Crippen molar-refractivity contribution in [3.8, 4) is 5.75 Å². The van der Waals surface area contributed by atoms with Gasteiger partial charge in [-0.3, -0.25) is 4.79 Å². The zero-order valence-corrected chi connectivity index (χ0v) is 10.1. The molecule has 1 heterocycles. The molecular formula is C14H16O3. The van der Waals surface area contributed by atoms with Crippen LogP contribution in [-0.2, 0) is 6.42 Å². The molecule has 0 bridgehead atoms. The number of benzene rings is 1. The van der Waals surface area contributed by atoms with E-state index in [1.807, 2.05) is 6.92 Å². The van der Waals surface area contributed by atoms with E-state index in [0.717, 1.165) is 23.3 Å². The summed E-state index contributed by atoms with van der Waals surface area (Å²) in [6.07, 6.45) is -0.222. The molecule has 0 saturated heterocycles. The fourth-order valence-corrected chi connectivity index (χ4v) is 1.92. The minimum atomic E-state index is -0.965. The lowest BCUT2D eigenvalue weighted by Gasteiger charge is -2.08. The Bertz CT molecular complexity index is 474. The second-order valence-corrected chi connectivity index (χ2v) is 4.52. The van der Waals surface area contributed by atoms with E-state index < -0.39 is 6.10 Å². The van der Waals surface area contributed by atoms with Crippen molar-refractivity contribution in [2.75, 3.05) is 0 Å². The van der Waals surface area contributed by atoms with Crippen LogP contribution < -0.4 is 4.74 Å². The van der Waals surface area contributed by atoms with Gasteiger partial charge >= 0.3 is 0 Å². The lowest BCUT2D eigenvalue weighted by atomic mass is 10.0. The summed E-state index contributed by atoms with van der Waals surface area (Å²) < 4.78 is 5.69. The van der Waals surface area contributed by atoms with Crippen molar-refractivity contribution >= 4 is 5.78 Å². The van der Waals surface area contributed by atoms with Gasteiger partial charge in [0, 0.05) is 12.0 Å². The maximum absolute atomic E-state index is 11.7. The number of aliphatic hydroxyl groups excluding tert-OH is 1. The molecule has 0 aromatic heterocycles. The first-order valence-corrected chi connectivity index (χ1v) is 5.66. The number of ketones is 1. The first kappa shape index (κ1) is 11.9. The fraction of sp³-hybridized carbons (Fsp3) is 0.357. The third kappa shape index (κ3) is 2.24. The molecule has 2 atom stereocenters. The van der Waals surface area contributed by atoms with Crippen LogP contribution in [0.2, 0.25) is 0 Å². The summed E-state index contributed by atoms with van der Waals surface area (Å²) in [5.41, 5.74) is 2.51. The Morgan fingerprint density at radius 3 is 2.88 bits per heavy atom. The van der Waals surface area contributed by atoms with Crippen LogP contribution in [0.5, 0.6) is 5.75 Å². The van der Waals surface area contributed by atoms with Gasteiger partial charge in [0.15, 0.2) is 5.78 Å². The van der Waals surface area contributed by atoms with Gasteiger partial charge in [-0.05, 0) is 43.2 Å². The minimum absolute atomic E-state index is 0.00176. The van der Waals surface area contributed by atoms with Gasteiger partial charge < -0.3 is 9.84 Å². The molecule has 0 radical (unpaired) electrons. The molecule has 1 aromatic carbocycles. The highest BCUT2D eigenvalue weighted by molar-refractivity contribution is 5.99. The van der Waals surface area contributed by atoms with Crippen LogP contribution in [0, 0.1) is 0 Å². The van der Waals surface area contributed by atoms with E-state index in [0.29, 0.717) is 5.56 Å². The zero-order chi connectivity index (χ0) is 12.6. The normalized spacial score (nSPS) is 19.4. The number of carbonyl (C=O) groups is 1. The van der Waals surface area contributed by atoms with Crippen molar-refractivity contribution in [3.05, 3.63) is 41.5 Å². The summed E-state index contributed by atoms with van der Waals surface area (Å²) in [5, 5.41) is 9.27. The van der Waals surface area contributed by atoms with Gasteiger partial charge in [0.25, 0.3) is 0 Å². The summed E-state index contributed by atoms with van der Waals surface area (Å²) in [5.74, 6) is 0.548. The Hall–Kier alpha value is -1.61. The van der Waals surface area contributed by atoms with Gasteiger partial charge in [0.1, 0.15) is 18.0 Å². The van der Waals surface area contributed by atoms with E-state index in [1.165, 1.54) is 6.92 Å². The number of fused-ring (bicyclic) bond motifs is 1. The van der Waals surface area contributed by atoms with Crippen molar-refractivity contribution in [3.63, 3.8) is 0 Å². The molecule has 90 valence electrons. The lowest BCUT2D eigenvalue weighted by Crippen LogP contribution is -2.16. The molecule has 1 aliphatic rings. The average molecular weight is 232 g/mol. The summed E-state index contributed by atoms with van der Waals surface area (Å²) >= 11 is 0. The zero-order valence-electron chi connectivity index (χ0n) is 10.1. The number of rotatable bonds is 3. The molecule has 0 spiro atoms. The van der Waals surface area contributed by atoms with Gasteiger partial charge in [-0.2, -0.15) is 0 Å². The second-order valence-electron chi connectivity index (χ2n) is 4.52. The van der Waals surface area contributed by atoms with Crippen LogP contribution in [0.4, 0.5) is 0 Å². The monoisotopic (exact) mass is 232 g/mol. The molecule has 17 heavy (non-hydrogen) atoms. The predicted molar refractivity (Wildman–Crippen MR) is 65.4 cm³/mol. The lowest BCUT2D eigenvalue weighted by molar-refractivity contribution is 0.0779.